The van der Waals surface area contributed by atoms with Crippen molar-refractivity contribution < 1.29 is 14.6 Å². The van der Waals surface area contributed by atoms with Crippen molar-refractivity contribution in [3.63, 3.8) is 0 Å². The smallest absolute Gasteiger partial charge is 0.308 e. The number of ether oxygens (including phenoxy) is 1. The first-order valence-electron chi connectivity index (χ1n) is 17.2. The van der Waals surface area contributed by atoms with Gasteiger partial charge in [-0.2, -0.15) is 0 Å². The van der Waals surface area contributed by atoms with Crippen LogP contribution in [-0.2, 0) is 9.53 Å². The van der Waals surface area contributed by atoms with Gasteiger partial charge < -0.3 is 14.7 Å². The molecule has 0 heterocycles. The Morgan fingerprint density at radius 2 is 0.947 bits per heavy atom. The van der Waals surface area contributed by atoms with Crippen LogP contribution in [0.4, 0.5) is 0 Å². The van der Waals surface area contributed by atoms with E-state index in [2.05, 4.69) is 25.7 Å². The van der Waals surface area contributed by atoms with Crippen molar-refractivity contribution in [2.75, 3.05) is 32.8 Å². The molecule has 1 N–H and O–H groups in total. The fraction of sp³-hybridized carbons (Fsp3) is 0.971. The lowest BCUT2D eigenvalue weighted by Crippen LogP contribution is -2.27. The van der Waals surface area contributed by atoms with Crippen molar-refractivity contribution in [3.8, 4) is 0 Å². The van der Waals surface area contributed by atoms with Crippen LogP contribution in [0, 0.1) is 5.92 Å². The van der Waals surface area contributed by atoms with E-state index in [1.165, 1.54) is 135 Å². The van der Waals surface area contributed by atoms with Gasteiger partial charge in [-0.1, -0.05) is 130 Å². The van der Waals surface area contributed by atoms with Crippen LogP contribution < -0.4 is 0 Å². The minimum absolute atomic E-state index is 0.0782. The van der Waals surface area contributed by atoms with Gasteiger partial charge in [0.2, 0.25) is 0 Å². The Balaban J connectivity index is 4.16. The maximum absolute atomic E-state index is 12.8. The quantitative estimate of drug-likeness (QED) is 0.0703. The number of esters is 1. The molecule has 228 valence electrons. The van der Waals surface area contributed by atoms with Gasteiger partial charge in [0.05, 0.1) is 12.5 Å². The van der Waals surface area contributed by atoms with Gasteiger partial charge in [0, 0.05) is 6.61 Å². The number of carbonyl (C=O) groups excluding carboxylic acids is 1. The van der Waals surface area contributed by atoms with Gasteiger partial charge in [-0.3, -0.25) is 4.79 Å². The third-order valence-corrected chi connectivity index (χ3v) is 7.97. The molecule has 0 aromatic heterocycles. The zero-order valence-electron chi connectivity index (χ0n) is 26.3. The summed E-state index contributed by atoms with van der Waals surface area (Å²) in [5, 5.41) is 8.99. The highest BCUT2D eigenvalue weighted by Crippen LogP contribution is 2.21. The van der Waals surface area contributed by atoms with E-state index in [-0.39, 0.29) is 11.9 Å². The van der Waals surface area contributed by atoms with E-state index in [9.17, 15) is 4.79 Å². The Hall–Kier alpha value is -0.610. The van der Waals surface area contributed by atoms with Gasteiger partial charge in [0.1, 0.15) is 0 Å². The second-order valence-corrected chi connectivity index (χ2v) is 11.7. The molecule has 38 heavy (non-hydrogen) atoms. The molecule has 0 aromatic carbocycles. The van der Waals surface area contributed by atoms with Crippen molar-refractivity contribution in [2.45, 2.75) is 175 Å². The van der Waals surface area contributed by atoms with Crippen LogP contribution in [0.25, 0.3) is 0 Å². The molecule has 0 amide bonds. The molecule has 0 fully saturated rings. The highest BCUT2D eigenvalue weighted by molar-refractivity contribution is 5.72. The van der Waals surface area contributed by atoms with Gasteiger partial charge in [-0.25, -0.2) is 0 Å². The van der Waals surface area contributed by atoms with Crippen molar-refractivity contribution in [1.29, 1.82) is 0 Å². The van der Waals surface area contributed by atoms with Crippen LogP contribution in [0.15, 0.2) is 0 Å². The Morgan fingerprint density at radius 1 is 0.553 bits per heavy atom. The molecule has 0 aliphatic heterocycles. The van der Waals surface area contributed by atoms with Crippen molar-refractivity contribution >= 4 is 5.97 Å². The predicted octanol–water partition coefficient (Wildman–Crippen LogP) is 9.86. The zero-order valence-corrected chi connectivity index (χ0v) is 26.3. The minimum Gasteiger partial charge on any atom is -0.465 e. The van der Waals surface area contributed by atoms with Gasteiger partial charge in [0.25, 0.3) is 0 Å². The molecule has 0 radical (unpaired) electrons. The Bertz CT molecular complexity index is 471. The molecule has 1 unspecified atom stereocenters. The Kier molecular flexibility index (Phi) is 30.4. The summed E-state index contributed by atoms with van der Waals surface area (Å²) in [6.07, 6.45) is 29.2. The lowest BCUT2D eigenvalue weighted by atomic mass is 9.94. The Labute approximate surface area is 239 Å². The van der Waals surface area contributed by atoms with E-state index in [1.54, 1.807) is 0 Å². The molecular weight excluding hydrogens is 470 g/mol. The fourth-order valence-corrected chi connectivity index (χ4v) is 5.35. The molecule has 0 bridgehead atoms. The SMILES string of the molecule is CCCCCCCCC(CCCCCC)C(=O)OCCCCCCN(CCCCCC)CCCCCCO. The minimum atomic E-state index is 0.0782. The molecule has 0 spiro atoms. The van der Waals surface area contributed by atoms with Crippen LogP contribution in [0.5, 0.6) is 0 Å². The largest absolute Gasteiger partial charge is 0.465 e. The van der Waals surface area contributed by atoms with Crippen LogP contribution in [-0.4, -0.2) is 48.8 Å². The number of carbonyl (C=O) groups is 1. The number of unbranched alkanes of at least 4 members (excludes halogenated alkanes) is 17. The van der Waals surface area contributed by atoms with E-state index >= 15 is 0 Å². The number of nitrogens with zero attached hydrogens (tertiary/aromatic N) is 1. The van der Waals surface area contributed by atoms with Crippen LogP contribution in [0.2, 0.25) is 0 Å². The molecule has 0 rings (SSSR count). The van der Waals surface area contributed by atoms with Gasteiger partial charge in [-0.15, -0.1) is 0 Å². The summed E-state index contributed by atoms with van der Waals surface area (Å²) in [6, 6.07) is 0. The van der Waals surface area contributed by atoms with Crippen molar-refractivity contribution in [1.82, 2.24) is 4.90 Å². The maximum Gasteiger partial charge on any atom is 0.308 e. The molecular formula is C34H69NO3. The van der Waals surface area contributed by atoms with E-state index in [0.29, 0.717) is 13.2 Å². The topological polar surface area (TPSA) is 49.8 Å². The molecule has 0 aliphatic carbocycles. The lowest BCUT2D eigenvalue weighted by Gasteiger charge is -2.22. The number of hydrogen-bond donors (Lipinski definition) is 1. The second-order valence-electron chi connectivity index (χ2n) is 11.7. The number of hydrogen-bond acceptors (Lipinski definition) is 4. The Morgan fingerprint density at radius 3 is 1.47 bits per heavy atom. The first kappa shape index (κ1) is 37.4. The molecule has 1 atom stereocenters. The predicted molar refractivity (Wildman–Crippen MR) is 166 cm³/mol. The highest BCUT2D eigenvalue weighted by atomic mass is 16.5. The van der Waals surface area contributed by atoms with Crippen LogP contribution in [0.1, 0.15) is 175 Å². The van der Waals surface area contributed by atoms with Crippen LogP contribution >= 0.6 is 0 Å². The summed E-state index contributed by atoms with van der Waals surface area (Å²) in [5.41, 5.74) is 0. The highest BCUT2D eigenvalue weighted by Gasteiger charge is 2.19. The standard InChI is InChI=1S/C34H69NO3/c1-4-7-10-13-14-20-27-33(26-19-11-8-5-2)34(37)38-32-25-18-16-23-30-35(28-21-12-9-6-3)29-22-15-17-24-31-36/h33,36H,4-32H2,1-3H3. The third-order valence-electron chi connectivity index (χ3n) is 7.97. The van der Waals surface area contributed by atoms with Gasteiger partial charge in [0.15, 0.2) is 0 Å². The second kappa shape index (κ2) is 30.9. The lowest BCUT2D eigenvalue weighted by molar-refractivity contribution is -0.149. The van der Waals surface area contributed by atoms with Gasteiger partial charge in [-0.05, 0) is 64.6 Å². The summed E-state index contributed by atoms with van der Waals surface area (Å²) < 4.78 is 5.78. The molecule has 4 heteroatoms. The zero-order chi connectivity index (χ0) is 27.9. The molecule has 0 aromatic rings. The van der Waals surface area contributed by atoms with E-state index in [4.69, 9.17) is 9.84 Å². The first-order valence-corrected chi connectivity index (χ1v) is 17.2. The average Bonchev–Trinajstić information content (AvgIpc) is 2.92. The molecule has 0 saturated carbocycles. The summed E-state index contributed by atoms with van der Waals surface area (Å²) in [6.45, 7) is 11.3. The summed E-state index contributed by atoms with van der Waals surface area (Å²) >= 11 is 0. The fourth-order valence-electron chi connectivity index (χ4n) is 5.35. The molecule has 0 saturated heterocycles. The van der Waals surface area contributed by atoms with Gasteiger partial charge >= 0.3 is 5.97 Å². The van der Waals surface area contributed by atoms with E-state index < -0.39 is 0 Å². The average molecular weight is 540 g/mol. The molecule has 0 aliphatic rings. The maximum atomic E-state index is 12.8. The van der Waals surface area contributed by atoms with Crippen molar-refractivity contribution in [2.24, 2.45) is 5.92 Å². The van der Waals surface area contributed by atoms with Crippen molar-refractivity contribution in [3.05, 3.63) is 0 Å². The third kappa shape index (κ3) is 25.7. The summed E-state index contributed by atoms with van der Waals surface area (Å²) in [5.74, 6) is 0.200. The summed E-state index contributed by atoms with van der Waals surface area (Å²) in [7, 11) is 0. The normalized spacial score (nSPS) is 12.3. The molecule has 4 nitrogen and oxygen atoms in total. The van der Waals surface area contributed by atoms with Crippen LogP contribution in [0.3, 0.4) is 0 Å². The van der Waals surface area contributed by atoms with E-state index in [1.807, 2.05) is 0 Å². The number of rotatable bonds is 31. The number of aliphatic hydroxyl groups excluding tert-OH is 1. The monoisotopic (exact) mass is 540 g/mol. The van der Waals surface area contributed by atoms with E-state index in [0.717, 1.165) is 38.5 Å². The first-order chi connectivity index (χ1) is 18.7. The number of aliphatic hydroxyl groups is 1. The summed E-state index contributed by atoms with van der Waals surface area (Å²) in [4.78, 5) is 15.5.